The number of carbonyl (C=O) groups excluding carboxylic acids is 1. The monoisotopic (exact) mass is 267 g/mol. The molecule has 1 saturated heterocycles. The van der Waals surface area contributed by atoms with Crippen LogP contribution in [0.3, 0.4) is 0 Å². The Morgan fingerprint density at radius 3 is 2.35 bits per heavy atom. The van der Waals surface area contributed by atoms with Gasteiger partial charge in [-0.2, -0.15) is 4.31 Å². The molecule has 2 N–H and O–H groups in total. The van der Waals surface area contributed by atoms with Crippen molar-refractivity contribution >= 4 is 16.0 Å². The molecule has 0 amide bonds. The van der Waals surface area contributed by atoms with E-state index in [1.807, 2.05) is 0 Å². The fourth-order valence-corrected chi connectivity index (χ4v) is 2.98. The number of esters is 1. The average molecular weight is 267 g/mol. The Morgan fingerprint density at radius 2 is 1.88 bits per heavy atom. The first-order chi connectivity index (χ1) is 7.86. The van der Waals surface area contributed by atoms with Gasteiger partial charge in [-0.05, 0) is 6.92 Å². The molecule has 0 aromatic rings. The molecule has 0 bridgehead atoms. The van der Waals surface area contributed by atoms with Crippen LogP contribution in [0, 0.1) is 0 Å². The molecular formula is C9H17NO6S. The van der Waals surface area contributed by atoms with E-state index in [1.165, 1.54) is 0 Å². The van der Waals surface area contributed by atoms with E-state index in [9.17, 15) is 23.4 Å². The zero-order valence-corrected chi connectivity index (χ0v) is 10.4. The largest absolute Gasteiger partial charge is 0.466 e. The lowest BCUT2D eigenvalue weighted by Crippen LogP contribution is -2.33. The number of hydrogen-bond donors (Lipinski definition) is 2. The van der Waals surface area contributed by atoms with Gasteiger partial charge in [0.1, 0.15) is 0 Å². The standard InChI is InChI=1S/C9H17NO6S/c1-2-16-9(13)3-4-17(14,15)10-5-7(11)8(12)6-10/h7-8,11-12H,2-6H2,1H3/t7-,8+. The van der Waals surface area contributed by atoms with Crippen LogP contribution in [0.25, 0.3) is 0 Å². The minimum Gasteiger partial charge on any atom is -0.466 e. The Kier molecular flexibility index (Phi) is 4.87. The first-order valence-corrected chi connectivity index (χ1v) is 6.97. The molecule has 0 aromatic carbocycles. The highest BCUT2D eigenvalue weighted by atomic mass is 32.2. The molecule has 0 saturated carbocycles. The summed E-state index contributed by atoms with van der Waals surface area (Å²) in [6.07, 6.45) is -2.35. The summed E-state index contributed by atoms with van der Waals surface area (Å²) in [6.45, 7) is 1.58. The summed E-state index contributed by atoms with van der Waals surface area (Å²) in [5.41, 5.74) is 0. The van der Waals surface area contributed by atoms with Gasteiger partial charge in [-0.3, -0.25) is 4.79 Å². The summed E-state index contributed by atoms with van der Waals surface area (Å²) in [5.74, 6) is -0.943. The SMILES string of the molecule is CCOC(=O)CCS(=O)(=O)N1C[C@@H](O)[C@@H](O)C1. The smallest absolute Gasteiger partial charge is 0.306 e. The van der Waals surface area contributed by atoms with E-state index in [0.29, 0.717) is 0 Å². The number of aliphatic hydroxyl groups is 2. The van der Waals surface area contributed by atoms with Crippen LogP contribution >= 0.6 is 0 Å². The highest BCUT2D eigenvalue weighted by Crippen LogP contribution is 2.15. The molecule has 100 valence electrons. The van der Waals surface area contributed by atoms with Crippen LogP contribution in [0.2, 0.25) is 0 Å². The third-order valence-corrected chi connectivity index (χ3v) is 4.29. The van der Waals surface area contributed by atoms with Crippen molar-refractivity contribution in [3.63, 3.8) is 0 Å². The first-order valence-electron chi connectivity index (χ1n) is 5.36. The Morgan fingerprint density at radius 1 is 1.35 bits per heavy atom. The molecular weight excluding hydrogens is 250 g/mol. The zero-order chi connectivity index (χ0) is 13.1. The molecule has 1 rings (SSSR count). The normalized spacial score (nSPS) is 26.1. The fraction of sp³-hybridized carbons (Fsp3) is 0.889. The maximum absolute atomic E-state index is 11.7. The van der Waals surface area contributed by atoms with E-state index in [2.05, 4.69) is 4.74 Å². The van der Waals surface area contributed by atoms with Crippen LogP contribution in [-0.2, 0) is 19.6 Å². The van der Waals surface area contributed by atoms with Crippen LogP contribution in [-0.4, -0.2) is 66.6 Å². The Bertz CT molecular complexity index is 358. The lowest BCUT2D eigenvalue weighted by Gasteiger charge is -2.14. The lowest BCUT2D eigenvalue weighted by molar-refractivity contribution is -0.142. The van der Waals surface area contributed by atoms with Crippen LogP contribution in [0.1, 0.15) is 13.3 Å². The van der Waals surface area contributed by atoms with E-state index < -0.39 is 28.2 Å². The molecule has 0 aliphatic carbocycles. The quantitative estimate of drug-likeness (QED) is 0.576. The van der Waals surface area contributed by atoms with E-state index in [-0.39, 0.29) is 31.9 Å². The molecule has 2 atom stereocenters. The molecule has 1 aliphatic heterocycles. The third kappa shape index (κ3) is 3.91. The van der Waals surface area contributed by atoms with Crippen LogP contribution in [0.4, 0.5) is 0 Å². The first kappa shape index (κ1) is 14.4. The summed E-state index contributed by atoms with van der Waals surface area (Å²) >= 11 is 0. The van der Waals surface area contributed by atoms with Crippen molar-refractivity contribution in [3.05, 3.63) is 0 Å². The summed E-state index contributed by atoms with van der Waals surface area (Å²) in [6, 6.07) is 0. The second kappa shape index (κ2) is 5.76. The van der Waals surface area contributed by atoms with Gasteiger partial charge in [0.15, 0.2) is 0 Å². The number of aliphatic hydroxyl groups excluding tert-OH is 2. The Balaban J connectivity index is 2.49. The highest BCUT2D eigenvalue weighted by molar-refractivity contribution is 7.89. The van der Waals surface area contributed by atoms with Gasteiger partial charge in [0.25, 0.3) is 0 Å². The van der Waals surface area contributed by atoms with Crippen molar-refractivity contribution in [2.24, 2.45) is 0 Å². The fourth-order valence-electron chi connectivity index (χ4n) is 1.54. The minimum absolute atomic E-state index is 0.133. The van der Waals surface area contributed by atoms with Crippen LogP contribution < -0.4 is 0 Å². The van der Waals surface area contributed by atoms with Crippen molar-refractivity contribution in [2.45, 2.75) is 25.6 Å². The lowest BCUT2D eigenvalue weighted by atomic mass is 10.3. The predicted molar refractivity (Wildman–Crippen MR) is 58.6 cm³/mol. The maximum atomic E-state index is 11.7. The molecule has 17 heavy (non-hydrogen) atoms. The van der Waals surface area contributed by atoms with E-state index >= 15 is 0 Å². The van der Waals surface area contributed by atoms with E-state index in [0.717, 1.165) is 4.31 Å². The van der Waals surface area contributed by atoms with Gasteiger partial charge in [-0.1, -0.05) is 0 Å². The van der Waals surface area contributed by atoms with Gasteiger partial charge in [-0.25, -0.2) is 8.42 Å². The number of β-amino-alcohol motifs (C(OH)–C–C–N with tert-alkyl or cyclic N) is 2. The van der Waals surface area contributed by atoms with Crippen molar-refractivity contribution < 1.29 is 28.2 Å². The van der Waals surface area contributed by atoms with Gasteiger partial charge in [-0.15, -0.1) is 0 Å². The maximum Gasteiger partial charge on any atom is 0.306 e. The molecule has 1 fully saturated rings. The molecule has 0 aromatic heterocycles. The Labute approximate surface area is 100 Å². The third-order valence-electron chi connectivity index (χ3n) is 2.49. The van der Waals surface area contributed by atoms with Crippen molar-refractivity contribution in [3.8, 4) is 0 Å². The molecule has 7 nitrogen and oxygen atoms in total. The van der Waals surface area contributed by atoms with Crippen LogP contribution in [0.5, 0.6) is 0 Å². The molecule has 0 spiro atoms. The minimum atomic E-state index is -3.63. The summed E-state index contributed by atoms with van der Waals surface area (Å²) in [5, 5.41) is 18.5. The van der Waals surface area contributed by atoms with Gasteiger partial charge in [0.05, 0.1) is 31.0 Å². The topological polar surface area (TPSA) is 104 Å². The molecule has 1 aliphatic rings. The number of carbonyl (C=O) groups is 1. The van der Waals surface area contributed by atoms with Gasteiger partial charge >= 0.3 is 5.97 Å². The predicted octanol–water partition coefficient (Wildman–Crippen LogP) is -1.69. The zero-order valence-electron chi connectivity index (χ0n) is 9.57. The second-order valence-electron chi connectivity index (χ2n) is 3.82. The van der Waals surface area contributed by atoms with E-state index in [4.69, 9.17) is 0 Å². The molecule has 0 radical (unpaired) electrons. The van der Waals surface area contributed by atoms with Gasteiger partial charge < -0.3 is 14.9 Å². The summed E-state index contributed by atoms with van der Waals surface area (Å²) in [7, 11) is -3.63. The number of sulfonamides is 1. The van der Waals surface area contributed by atoms with Crippen molar-refractivity contribution in [2.75, 3.05) is 25.4 Å². The number of rotatable bonds is 5. The van der Waals surface area contributed by atoms with Gasteiger partial charge in [0, 0.05) is 13.1 Å². The van der Waals surface area contributed by atoms with Crippen LogP contribution in [0.15, 0.2) is 0 Å². The number of nitrogens with zero attached hydrogens (tertiary/aromatic N) is 1. The van der Waals surface area contributed by atoms with Gasteiger partial charge in [0.2, 0.25) is 10.0 Å². The number of hydrogen-bond acceptors (Lipinski definition) is 6. The summed E-state index contributed by atoms with van der Waals surface area (Å²) < 4.78 is 29.1. The van der Waals surface area contributed by atoms with Crippen molar-refractivity contribution in [1.29, 1.82) is 0 Å². The average Bonchev–Trinajstić information content (AvgIpc) is 2.58. The van der Waals surface area contributed by atoms with Crippen molar-refractivity contribution in [1.82, 2.24) is 4.31 Å². The molecule has 8 heteroatoms. The van der Waals surface area contributed by atoms with E-state index in [1.54, 1.807) is 6.92 Å². The second-order valence-corrected chi connectivity index (χ2v) is 5.91. The highest BCUT2D eigenvalue weighted by Gasteiger charge is 2.36. The molecule has 1 heterocycles. The summed E-state index contributed by atoms with van der Waals surface area (Å²) in [4.78, 5) is 11.0. The molecule has 0 unspecified atom stereocenters. The number of ether oxygens (including phenoxy) is 1. The Hall–Kier alpha value is -0.700.